The van der Waals surface area contributed by atoms with Crippen LogP contribution in [0.5, 0.6) is 11.5 Å². The summed E-state index contributed by atoms with van der Waals surface area (Å²) in [7, 11) is 0. The van der Waals surface area contributed by atoms with Crippen LogP contribution < -0.4 is 21.6 Å². The highest BCUT2D eigenvalue weighted by Gasteiger charge is 2.12. The molecule has 3 N–H and O–H groups in total. The van der Waals surface area contributed by atoms with Gasteiger partial charge in [0, 0.05) is 0 Å². The molecule has 0 amide bonds. The second kappa shape index (κ2) is 6.70. The van der Waals surface area contributed by atoms with Crippen LogP contribution in [0.4, 0.5) is 5.95 Å². The molecule has 26 heavy (non-hydrogen) atoms. The molecule has 3 aromatic carbocycles. The Hall–Kier alpha value is -3.64. The number of hydrogen-bond acceptors (Lipinski definition) is 5. The number of anilines is 1. The lowest BCUT2D eigenvalue weighted by Crippen LogP contribution is -2.25. The zero-order chi connectivity index (χ0) is 17.9. The van der Waals surface area contributed by atoms with Crippen molar-refractivity contribution in [1.29, 1.82) is 0 Å². The van der Waals surface area contributed by atoms with Crippen LogP contribution in [-0.4, -0.2) is 9.55 Å². The molecule has 6 heteroatoms. The van der Waals surface area contributed by atoms with Crippen molar-refractivity contribution in [3.05, 3.63) is 89.2 Å². The molecule has 0 aliphatic rings. The zero-order valence-corrected chi connectivity index (χ0v) is 13.8. The third kappa shape index (κ3) is 2.89. The summed E-state index contributed by atoms with van der Waals surface area (Å²) in [6, 6.07) is 23.8. The number of para-hydroxylation sites is 2. The van der Waals surface area contributed by atoms with E-state index in [1.54, 1.807) is 36.4 Å². The molecule has 0 bridgehead atoms. The van der Waals surface area contributed by atoms with Gasteiger partial charge in [0.1, 0.15) is 11.5 Å². The van der Waals surface area contributed by atoms with Gasteiger partial charge in [-0.3, -0.25) is 10.2 Å². The molecular weight excluding hydrogens is 328 g/mol. The van der Waals surface area contributed by atoms with Crippen LogP contribution in [-0.2, 0) is 0 Å². The van der Waals surface area contributed by atoms with E-state index in [-0.39, 0.29) is 11.5 Å². The van der Waals surface area contributed by atoms with E-state index in [1.807, 2.05) is 42.5 Å². The maximum Gasteiger partial charge on any atom is 0.267 e. The fourth-order valence-electron chi connectivity index (χ4n) is 2.76. The van der Waals surface area contributed by atoms with Gasteiger partial charge in [-0.05, 0) is 48.5 Å². The largest absolute Gasteiger partial charge is 0.457 e. The number of hydrazine groups is 1. The Balaban J connectivity index is 1.76. The van der Waals surface area contributed by atoms with Crippen molar-refractivity contribution in [2.24, 2.45) is 5.84 Å². The van der Waals surface area contributed by atoms with E-state index in [9.17, 15) is 4.79 Å². The quantitative estimate of drug-likeness (QED) is 0.438. The van der Waals surface area contributed by atoms with Crippen LogP contribution in [0.25, 0.3) is 16.6 Å². The van der Waals surface area contributed by atoms with Crippen LogP contribution >= 0.6 is 0 Å². The van der Waals surface area contributed by atoms with Gasteiger partial charge in [0.2, 0.25) is 5.95 Å². The number of ether oxygens (including phenoxy) is 1. The number of rotatable bonds is 4. The fraction of sp³-hybridized carbons (Fsp3) is 0. The van der Waals surface area contributed by atoms with Crippen molar-refractivity contribution in [3.8, 4) is 17.2 Å². The van der Waals surface area contributed by atoms with Gasteiger partial charge in [0.25, 0.3) is 5.56 Å². The van der Waals surface area contributed by atoms with Crippen molar-refractivity contribution < 1.29 is 4.74 Å². The monoisotopic (exact) mass is 344 g/mol. The molecular formula is C20H16N4O2. The first-order chi connectivity index (χ1) is 12.8. The topological polar surface area (TPSA) is 82.2 Å². The molecule has 1 aromatic heterocycles. The zero-order valence-electron chi connectivity index (χ0n) is 13.8. The number of nitrogen functional groups attached to an aromatic ring is 1. The Morgan fingerprint density at radius 1 is 0.846 bits per heavy atom. The average Bonchev–Trinajstić information content (AvgIpc) is 2.69. The highest BCUT2D eigenvalue weighted by atomic mass is 16.5. The van der Waals surface area contributed by atoms with E-state index in [1.165, 1.54) is 4.57 Å². The van der Waals surface area contributed by atoms with Gasteiger partial charge in [-0.2, -0.15) is 0 Å². The van der Waals surface area contributed by atoms with Gasteiger partial charge < -0.3 is 4.74 Å². The molecule has 128 valence electrons. The maximum atomic E-state index is 12.9. The minimum absolute atomic E-state index is 0.194. The van der Waals surface area contributed by atoms with Crippen LogP contribution in [0.3, 0.4) is 0 Å². The molecule has 0 fully saturated rings. The number of nitrogens with zero attached hydrogens (tertiary/aromatic N) is 2. The van der Waals surface area contributed by atoms with Crippen molar-refractivity contribution in [2.75, 3.05) is 5.43 Å². The van der Waals surface area contributed by atoms with Gasteiger partial charge in [0.05, 0.1) is 16.6 Å². The lowest BCUT2D eigenvalue weighted by molar-refractivity contribution is 0.482. The van der Waals surface area contributed by atoms with E-state index in [0.717, 1.165) is 5.75 Å². The summed E-state index contributed by atoms with van der Waals surface area (Å²) in [5, 5.41) is 0.524. The smallest absolute Gasteiger partial charge is 0.267 e. The SMILES string of the molecule is NNc1nc2ccccc2c(=O)n1-c1ccc(Oc2ccccc2)cc1. The fourth-order valence-corrected chi connectivity index (χ4v) is 2.76. The molecule has 0 unspecified atom stereocenters. The van der Waals surface area contributed by atoms with E-state index in [0.29, 0.717) is 22.3 Å². The van der Waals surface area contributed by atoms with Crippen molar-refractivity contribution in [3.63, 3.8) is 0 Å². The lowest BCUT2D eigenvalue weighted by atomic mass is 10.2. The van der Waals surface area contributed by atoms with Crippen molar-refractivity contribution in [1.82, 2.24) is 9.55 Å². The molecule has 0 spiro atoms. The first kappa shape index (κ1) is 15.9. The van der Waals surface area contributed by atoms with Gasteiger partial charge in [-0.1, -0.05) is 30.3 Å². The molecule has 4 aromatic rings. The predicted octanol–water partition coefficient (Wildman–Crippen LogP) is 3.46. The molecule has 0 saturated heterocycles. The minimum Gasteiger partial charge on any atom is -0.457 e. The molecule has 6 nitrogen and oxygen atoms in total. The Bertz CT molecular complexity index is 1110. The normalized spacial score (nSPS) is 10.7. The summed E-state index contributed by atoms with van der Waals surface area (Å²) >= 11 is 0. The highest BCUT2D eigenvalue weighted by Crippen LogP contribution is 2.23. The number of hydrogen-bond donors (Lipinski definition) is 2. The summed E-state index contributed by atoms with van der Waals surface area (Å²) < 4.78 is 7.22. The van der Waals surface area contributed by atoms with E-state index in [2.05, 4.69) is 10.4 Å². The summed E-state index contributed by atoms with van der Waals surface area (Å²) in [5.74, 6) is 7.27. The summed E-state index contributed by atoms with van der Waals surface area (Å²) in [6.45, 7) is 0. The lowest BCUT2D eigenvalue weighted by Gasteiger charge is -2.13. The van der Waals surface area contributed by atoms with E-state index in [4.69, 9.17) is 10.6 Å². The Kier molecular flexibility index (Phi) is 4.09. The second-order valence-corrected chi connectivity index (χ2v) is 5.65. The van der Waals surface area contributed by atoms with E-state index >= 15 is 0 Å². The standard InChI is InChI=1S/C20H16N4O2/c21-23-20-22-18-9-5-4-8-17(18)19(25)24(20)14-10-12-16(13-11-14)26-15-6-2-1-3-7-15/h1-13H,21H2,(H,22,23). The van der Waals surface area contributed by atoms with Crippen LogP contribution in [0.2, 0.25) is 0 Å². The maximum absolute atomic E-state index is 12.9. The van der Waals surface area contributed by atoms with Gasteiger partial charge in [0.15, 0.2) is 0 Å². The molecule has 0 aliphatic carbocycles. The first-order valence-electron chi connectivity index (χ1n) is 8.08. The Morgan fingerprint density at radius 2 is 1.50 bits per heavy atom. The summed E-state index contributed by atoms with van der Waals surface area (Å²) in [5.41, 5.74) is 3.54. The van der Waals surface area contributed by atoms with Gasteiger partial charge in [-0.15, -0.1) is 0 Å². The number of nitrogens with one attached hydrogen (secondary N) is 1. The third-order valence-electron chi connectivity index (χ3n) is 3.98. The van der Waals surface area contributed by atoms with Crippen LogP contribution in [0, 0.1) is 0 Å². The Morgan fingerprint density at radius 3 is 2.23 bits per heavy atom. The second-order valence-electron chi connectivity index (χ2n) is 5.65. The molecule has 0 saturated carbocycles. The van der Waals surface area contributed by atoms with E-state index < -0.39 is 0 Å². The van der Waals surface area contributed by atoms with Crippen LogP contribution in [0.15, 0.2) is 83.7 Å². The summed E-state index contributed by atoms with van der Waals surface area (Å²) in [4.78, 5) is 17.3. The molecule has 4 rings (SSSR count). The molecule has 0 radical (unpaired) electrons. The predicted molar refractivity (Wildman–Crippen MR) is 102 cm³/mol. The average molecular weight is 344 g/mol. The molecule has 1 heterocycles. The number of fused-ring (bicyclic) bond motifs is 1. The number of aromatic nitrogens is 2. The van der Waals surface area contributed by atoms with Crippen LogP contribution in [0.1, 0.15) is 0 Å². The Labute approximate surface area is 149 Å². The minimum atomic E-state index is -0.194. The molecule has 0 aliphatic heterocycles. The third-order valence-corrected chi connectivity index (χ3v) is 3.98. The molecule has 0 atom stereocenters. The number of nitrogens with two attached hydrogens (primary N) is 1. The highest BCUT2D eigenvalue weighted by molar-refractivity contribution is 5.79. The van der Waals surface area contributed by atoms with Gasteiger partial charge in [-0.25, -0.2) is 15.4 Å². The van der Waals surface area contributed by atoms with Crippen molar-refractivity contribution in [2.45, 2.75) is 0 Å². The summed E-state index contributed by atoms with van der Waals surface area (Å²) in [6.07, 6.45) is 0. The van der Waals surface area contributed by atoms with Crippen molar-refractivity contribution >= 4 is 16.9 Å². The first-order valence-corrected chi connectivity index (χ1v) is 8.08. The van der Waals surface area contributed by atoms with Gasteiger partial charge >= 0.3 is 0 Å². The number of benzene rings is 3.